The van der Waals surface area contributed by atoms with Crippen LogP contribution < -0.4 is 0 Å². The predicted octanol–water partition coefficient (Wildman–Crippen LogP) is 1.63. The monoisotopic (exact) mass is 210 g/mol. The van der Waals surface area contributed by atoms with Crippen molar-refractivity contribution in [3.8, 4) is 0 Å². The van der Waals surface area contributed by atoms with Crippen LogP contribution in [0.15, 0.2) is 18.7 Å². The summed E-state index contributed by atoms with van der Waals surface area (Å²) >= 11 is 6.11. The van der Waals surface area contributed by atoms with E-state index in [2.05, 4.69) is 10.1 Å². The van der Waals surface area contributed by atoms with Crippen LogP contribution in [0.4, 0.5) is 0 Å². The summed E-state index contributed by atoms with van der Waals surface area (Å²) in [6.07, 6.45) is 5.41. The van der Waals surface area contributed by atoms with E-state index in [1.54, 1.807) is 17.2 Å². The highest BCUT2D eigenvalue weighted by atomic mass is 35.5. The van der Waals surface area contributed by atoms with Crippen molar-refractivity contribution in [3.05, 3.63) is 35.1 Å². The van der Waals surface area contributed by atoms with Crippen molar-refractivity contribution < 1.29 is 0 Å². The van der Waals surface area contributed by atoms with Gasteiger partial charge in [-0.2, -0.15) is 5.10 Å². The molecule has 0 unspecified atom stereocenters. The summed E-state index contributed by atoms with van der Waals surface area (Å²) in [6.45, 7) is 2.61. The van der Waals surface area contributed by atoms with Crippen LogP contribution in [0.2, 0.25) is 5.02 Å². The van der Waals surface area contributed by atoms with Crippen LogP contribution in [0.1, 0.15) is 11.4 Å². The lowest BCUT2D eigenvalue weighted by atomic mass is 10.3. The van der Waals surface area contributed by atoms with Crippen LogP contribution >= 0.6 is 11.6 Å². The number of halogens is 1. The molecule has 14 heavy (non-hydrogen) atoms. The maximum atomic E-state index is 6.11. The van der Waals surface area contributed by atoms with Crippen LogP contribution in [0.3, 0.4) is 0 Å². The lowest BCUT2D eigenvalue weighted by molar-refractivity contribution is 0.663. The third kappa shape index (κ3) is 1.53. The topological polar surface area (TPSA) is 35.6 Å². The molecule has 2 heterocycles. The van der Waals surface area contributed by atoms with Gasteiger partial charge in [0.2, 0.25) is 0 Å². The first-order valence-electron chi connectivity index (χ1n) is 4.32. The molecule has 0 bridgehead atoms. The Balaban J connectivity index is 2.33. The molecule has 0 saturated heterocycles. The van der Waals surface area contributed by atoms with Crippen LogP contribution in [-0.4, -0.2) is 19.3 Å². The fourth-order valence-corrected chi connectivity index (χ4v) is 1.62. The predicted molar refractivity (Wildman–Crippen MR) is 54.3 cm³/mol. The van der Waals surface area contributed by atoms with Gasteiger partial charge < -0.3 is 4.57 Å². The fraction of sp³-hybridized carbons (Fsp3) is 0.333. The van der Waals surface area contributed by atoms with Gasteiger partial charge in [-0.1, -0.05) is 11.6 Å². The first-order valence-corrected chi connectivity index (χ1v) is 4.70. The number of hydrogen-bond donors (Lipinski definition) is 0. The molecule has 5 heteroatoms. The second-order valence-corrected chi connectivity index (χ2v) is 3.58. The molecule has 0 N–H and O–H groups in total. The van der Waals surface area contributed by atoms with E-state index >= 15 is 0 Å². The van der Waals surface area contributed by atoms with Crippen molar-refractivity contribution in [2.45, 2.75) is 13.5 Å². The van der Waals surface area contributed by atoms with Crippen molar-refractivity contribution in [2.75, 3.05) is 0 Å². The minimum absolute atomic E-state index is 0.705. The van der Waals surface area contributed by atoms with Crippen molar-refractivity contribution in [3.63, 3.8) is 0 Å². The van der Waals surface area contributed by atoms with Crippen LogP contribution in [0.25, 0.3) is 0 Å². The Hall–Kier alpha value is -1.29. The van der Waals surface area contributed by atoms with E-state index in [1.165, 1.54) is 0 Å². The minimum atomic E-state index is 0.705. The highest BCUT2D eigenvalue weighted by Gasteiger charge is 2.10. The van der Waals surface area contributed by atoms with Crippen molar-refractivity contribution in [1.82, 2.24) is 19.3 Å². The van der Waals surface area contributed by atoms with Crippen LogP contribution in [0, 0.1) is 6.92 Å². The summed E-state index contributed by atoms with van der Waals surface area (Å²) in [4.78, 5) is 3.97. The molecule has 0 fully saturated rings. The zero-order valence-electron chi connectivity index (χ0n) is 8.11. The van der Waals surface area contributed by atoms with Crippen LogP contribution in [0.5, 0.6) is 0 Å². The molecular weight excluding hydrogens is 200 g/mol. The van der Waals surface area contributed by atoms with Crippen molar-refractivity contribution in [2.24, 2.45) is 7.05 Å². The molecule has 2 rings (SSSR count). The summed E-state index contributed by atoms with van der Waals surface area (Å²) in [5.74, 6) is 0. The van der Waals surface area contributed by atoms with E-state index in [1.807, 2.05) is 24.7 Å². The highest BCUT2D eigenvalue weighted by Crippen LogP contribution is 2.19. The highest BCUT2D eigenvalue weighted by molar-refractivity contribution is 6.31. The maximum absolute atomic E-state index is 6.11. The Kier molecular flexibility index (Phi) is 2.29. The summed E-state index contributed by atoms with van der Waals surface area (Å²) in [5, 5.41) is 4.98. The molecule has 74 valence electrons. The molecule has 0 aromatic carbocycles. The number of nitrogens with zero attached hydrogens (tertiary/aromatic N) is 4. The lowest BCUT2D eigenvalue weighted by Crippen LogP contribution is -2.04. The maximum Gasteiger partial charge on any atom is 0.0949 e. The van der Waals surface area contributed by atoms with Gasteiger partial charge in [0.25, 0.3) is 0 Å². The zero-order valence-corrected chi connectivity index (χ0v) is 8.86. The fourth-order valence-electron chi connectivity index (χ4n) is 1.41. The average molecular weight is 211 g/mol. The molecular formula is C9H11ClN4. The van der Waals surface area contributed by atoms with Gasteiger partial charge in [-0.05, 0) is 6.92 Å². The molecule has 0 aliphatic carbocycles. The molecule has 0 radical (unpaired) electrons. The molecule has 0 saturated carbocycles. The minimum Gasteiger partial charge on any atom is -0.331 e. The van der Waals surface area contributed by atoms with E-state index in [0.717, 1.165) is 16.4 Å². The largest absolute Gasteiger partial charge is 0.331 e. The average Bonchev–Trinajstić information content (AvgIpc) is 2.71. The van der Waals surface area contributed by atoms with Gasteiger partial charge in [-0.3, -0.25) is 4.68 Å². The van der Waals surface area contributed by atoms with E-state index < -0.39 is 0 Å². The molecule has 0 aliphatic rings. The van der Waals surface area contributed by atoms with Gasteiger partial charge in [-0.25, -0.2) is 4.98 Å². The normalized spacial score (nSPS) is 10.8. The smallest absolute Gasteiger partial charge is 0.0949 e. The SMILES string of the molecule is Cc1nn(C)c(Cn2ccnc2)c1Cl. The standard InChI is InChI=1S/C9H11ClN4/c1-7-9(10)8(13(2)12-7)5-14-4-3-11-6-14/h3-4,6H,5H2,1-2H3. The van der Waals surface area contributed by atoms with E-state index in [0.29, 0.717) is 6.54 Å². The van der Waals surface area contributed by atoms with Gasteiger partial charge in [0.1, 0.15) is 0 Å². The Morgan fingerprint density at radius 2 is 2.29 bits per heavy atom. The van der Waals surface area contributed by atoms with Gasteiger partial charge in [-0.15, -0.1) is 0 Å². The lowest BCUT2D eigenvalue weighted by Gasteiger charge is -2.03. The van der Waals surface area contributed by atoms with E-state index in [4.69, 9.17) is 11.6 Å². The van der Waals surface area contributed by atoms with E-state index in [9.17, 15) is 0 Å². The summed E-state index contributed by atoms with van der Waals surface area (Å²) in [6, 6.07) is 0. The van der Waals surface area contributed by atoms with Gasteiger partial charge in [0.05, 0.1) is 29.3 Å². The molecule has 0 atom stereocenters. The molecule has 0 amide bonds. The van der Waals surface area contributed by atoms with Gasteiger partial charge >= 0.3 is 0 Å². The summed E-state index contributed by atoms with van der Waals surface area (Å²) < 4.78 is 3.76. The second kappa shape index (κ2) is 3.46. The Morgan fingerprint density at radius 3 is 2.79 bits per heavy atom. The first-order chi connectivity index (χ1) is 6.68. The zero-order chi connectivity index (χ0) is 10.1. The second-order valence-electron chi connectivity index (χ2n) is 3.20. The summed E-state index contributed by atoms with van der Waals surface area (Å²) in [5.41, 5.74) is 1.87. The number of aryl methyl sites for hydroxylation is 2. The molecule has 2 aromatic heterocycles. The number of aromatic nitrogens is 4. The van der Waals surface area contributed by atoms with Crippen molar-refractivity contribution >= 4 is 11.6 Å². The third-order valence-electron chi connectivity index (χ3n) is 2.15. The van der Waals surface area contributed by atoms with Gasteiger partial charge in [0.15, 0.2) is 0 Å². The molecule has 0 aliphatic heterocycles. The molecule has 2 aromatic rings. The van der Waals surface area contributed by atoms with Gasteiger partial charge in [0, 0.05) is 19.4 Å². The Bertz CT molecular complexity index is 430. The van der Waals surface area contributed by atoms with Crippen molar-refractivity contribution in [1.29, 1.82) is 0 Å². The number of rotatable bonds is 2. The quantitative estimate of drug-likeness (QED) is 0.755. The molecule has 4 nitrogen and oxygen atoms in total. The number of imidazole rings is 1. The van der Waals surface area contributed by atoms with E-state index in [-0.39, 0.29) is 0 Å². The molecule has 0 spiro atoms. The summed E-state index contributed by atoms with van der Waals surface area (Å²) in [7, 11) is 1.89. The Morgan fingerprint density at radius 1 is 1.50 bits per heavy atom. The number of hydrogen-bond acceptors (Lipinski definition) is 2. The van der Waals surface area contributed by atoms with Crippen LogP contribution in [-0.2, 0) is 13.6 Å². The third-order valence-corrected chi connectivity index (χ3v) is 2.64. The Labute approximate surface area is 87.1 Å². The first kappa shape index (κ1) is 9.27.